The van der Waals surface area contributed by atoms with E-state index in [2.05, 4.69) is 29.2 Å². The maximum absolute atomic E-state index is 13.7. The minimum Gasteiger partial charge on any atom is -0.469 e. The molecule has 0 fully saturated rings. The Hall–Kier alpha value is -4.46. The smallest absolute Gasteiger partial charge is 0.336 e. The van der Waals surface area contributed by atoms with E-state index in [-0.39, 0.29) is 11.6 Å². The Morgan fingerprint density at radius 2 is 1.55 bits per heavy atom. The average molecular weight is 571 g/mol. The molecule has 0 N–H and O–H groups in total. The van der Waals surface area contributed by atoms with Crippen LogP contribution < -0.4 is 0 Å². The monoisotopic (exact) mass is 570 g/mol. The number of esters is 2. The van der Waals surface area contributed by atoms with Gasteiger partial charge < -0.3 is 14.4 Å². The number of methoxy groups -OCH3 is 2. The van der Waals surface area contributed by atoms with Gasteiger partial charge in [-0.3, -0.25) is 14.9 Å². The van der Waals surface area contributed by atoms with Crippen LogP contribution in [0.2, 0.25) is 0 Å². The number of nitro benzene ring substituents is 1. The molecular weight excluding hydrogens is 532 g/mol. The van der Waals surface area contributed by atoms with E-state index in [4.69, 9.17) is 9.47 Å². The van der Waals surface area contributed by atoms with Gasteiger partial charge in [-0.1, -0.05) is 79.7 Å². The van der Waals surface area contributed by atoms with Gasteiger partial charge in [0.05, 0.1) is 36.2 Å². The molecule has 0 saturated heterocycles. The van der Waals surface area contributed by atoms with Gasteiger partial charge in [0, 0.05) is 36.2 Å². The number of hydrogen-bond donors (Lipinski definition) is 0. The van der Waals surface area contributed by atoms with Crippen molar-refractivity contribution in [1.29, 1.82) is 0 Å². The highest BCUT2D eigenvalue weighted by atomic mass is 16.6. The molecule has 3 unspecified atom stereocenters. The quantitative estimate of drug-likeness (QED) is 0.153. The molecule has 220 valence electrons. The van der Waals surface area contributed by atoms with E-state index in [0.29, 0.717) is 36.2 Å². The van der Waals surface area contributed by atoms with Gasteiger partial charge in [-0.2, -0.15) is 0 Å². The number of non-ortho nitro benzene ring substituents is 1. The molecule has 3 aromatic rings. The van der Waals surface area contributed by atoms with Crippen LogP contribution in [0.4, 0.5) is 5.69 Å². The number of ether oxygens (including phenoxy) is 2. The molecule has 0 aliphatic carbocycles. The van der Waals surface area contributed by atoms with E-state index < -0.39 is 34.2 Å². The van der Waals surface area contributed by atoms with E-state index >= 15 is 0 Å². The first-order valence-corrected chi connectivity index (χ1v) is 14.2. The summed E-state index contributed by atoms with van der Waals surface area (Å²) >= 11 is 0. The summed E-state index contributed by atoms with van der Waals surface area (Å²) in [6.45, 7) is 6.44. The highest BCUT2D eigenvalue weighted by Crippen LogP contribution is 2.51. The molecule has 0 bridgehead atoms. The second kappa shape index (κ2) is 13.0. The Morgan fingerprint density at radius 1 is 0.952 bits per heavy atom. The summed E-state index contributed by atoms with van der Waals surface area (Å²) in [5.74, 6) is -2.63. The lowest BCUT2D eigenvalue weighted by Crippen LogP contribution is -2.59. The summed E-state index contributed by atoms with van der Waals surface area (Å²) in [5.41, 5.74) is 2.93. The Balaban J connectivity index is 1.88. The van der Waals surface area contributed by atoms with E-state index in [1.165, 1.54) is 37.5 Å². The summed E-state index contributed by atoms with van der Waals surface area (Å²) in [6.07, 6.45) is 1.27. The van der Waals surface area contributed by atoms with Crippen molar-refractivity contribution in [1.82, 2.24) is 4.90 Å². The molecule has 0 aromatic heterocycles. The van der Waals surface area contributed by atoms with Crippen LogP contribution in [-0.2, 0) is 19.1 Å². The lowest BCUT2D eigenvalue weighted by Gasteiger charge is -2.54. The number of nitrogens with zero attached hydrogens (tertiary/aromatic N) is 2. The molecule has 3 aromatic carbocycles. The van der Waals surface area contributed by atoms with Crippen LogP contribution in [0.15, 0.2) is 96.2 Å². The SMILES string of the molecule is CCC1(C)C(C(=O)OC)C(c2cccc([N+](=O)[O-])c2)C(C(=O)OC)=C(C)N1CCC(c1ccccc1)c1ccccc1. The molecule has 8 nitrogen and oxygen atoms in total. The van der Waals surface area contributed by atoms with E-state index in [1.807, 2.05) is 57.2 Å². The number of hydrogen-bond acceptors (Lipinski definition) is 7. The first kappa shape index (κ1) is 30.5. The summed E-state index contributed by atoms with van der Waals surface area (Å²) in [7, 11) is 2.64. The third-order valence-electron chi connectivity index (χ3n) is 8.79. The lowest BCUT2D eigenvalue weighted by atomic mass is 9.65. The fraction of sp³-hybridized carbons (Fsp3) is 0.353. The van der Waals surface area contributed by atoms with Gasteiger partial charge in [-0.05, 0) is 43.4 Å². The fourth-order valence-electron chi connectivity index (χ4n) is 6.53. The van der Waals surface area contributed by atoms with E-state index in [1.54, 1.807) is 12.1 Å². The Morgan fingerprint density at radius 3 is 2.05 bits per heavy atom. The molecule has 0 amide bonds. The first-order valence-electron chi connectivity index (χ1n) is 14.2. The minimum absolute atomic E-state index is 0.0777. The van der Waals surface area contributed by atoms with Crippen LogP contribution >= 0.6 is 0 Å². The third-order valence-corrected chi connectivity index (χ3v) is 8.79. The molecule has 42 heavy (non-hydrogen) atoms. The van der Waals surface area contributed by atoms with Gasteiger partial charge in [0.1, 0.15) is 0 Å². The number of allylic oxidation sites excluding steroid dienone is 1. The first-order chi connectivity index (χ1) is 20.2. The lowest BCUT2D eigenvalue weighted by molar-refractivity contribution is -0.384. The van der Waals surface area contributed by atoms with Crippen LogP contribution in [0.1, 0.15) is 62.1 Å². The number of nitro groups is 1. The maximum atomic E-state index is 13.7. The predicted octanol–water partition coefficient (Wildman–Crippen LogP) is 6.62. The van der Waals surface area contributed by atoms with Crippen molar-refractivity contribution in [3.05, 3.63) is 123 Å². The largest absolute Gasteiger partial charge is 0.469 e. The summed E-state index contributed by atoms with van der Waals surface area (Å²) in [4.78, 5) is 40.5. The van der Waals surface area contributed by atoms with Crippen molar-refractivity contribution < 1.29 is 24.0 Å². The van der Waals surface area contributed by atoms with Gasteiger partial charge in [0.2, 0.25) is 0 Å². The molecular formula is C34H38N2O6. The zero-order chi connectivity index (χ0) is 30.4. The Kier molecular flexibility index (Phi) is 9.45. The molecule has 0 saturated carbocycles. The molecule has 4 rings (SSSR count). The van der Waals surface area contributed by atoms with Crippen molar-refractivity contribution in [2.45, 2.75) is 51.0 Å². The van der Waals surface area contributed by atoms with Crippen LogP contribution in [0.25, 0.3) is 0 Å². The van der Waals surface area contributed by atoms with Crippen LogP contribution in [0.5, 0.6) is 0 Å². The zero-order valence-corrected chi connectivity index (χ0v) is 24.8. The maximum Gasteiger partial charge on any atom is 0.336 e. The van der Waals surface area contributed by atoms with Crippen molar-refractivity contribution >= 4 is 17.6 Å². The molecule has 1 heterocycles. The number of carbonyl (C=O) groups excluding carboxylic acids is 2. The number of benzene rings is 3. The minimum atomic E-state index is -0.834. The summed E-state index contributed by atoms with van der Waals surface area (Å²) in [6, 6.07) is 26.7. The van der Waals surface area contributed by atoms with Crippen molar-refractivity contribution in [3.8, 4) is 0 Å². The standard InChI is InChI=1S/C34H38N2O6/c1-6-34(3)31(33(38)42-5)30(26-18-13-19-27(22-26)36(39)40)29(32(37)41-4)23(2)35(34)21-20-28(24-14-9-7-10-15-24)25-16-11-8-12-17-25/h7-19,22,28,30-31H,6,20-21H2,1-5H3. The predicted molar refractivity (Wildman–Crippen MR) is 161 cm³/mol. The molecule has 1 aliphatic rings. The third kappa shape index (κ3) is 5.79. The number of rotatable bonds is 10. The van der Waals surface area contributed by atoms with Crippen LogP contribution in [-0.4, -0.2) is 48.1 Å². The van der Waals surface area contributed by atoms with Crippen molar-refractivity contribution in [2.24, 2.45) is 5.92 Å². The number of carbonyl (C=O) groups is 2. The molecule has 0 radical (unpaired) electrons. The van der Waals surface area contributed by atoms with Crippen molar-refractivity contribution in [3.63, 3.8) is 0 Å². The van der Waals surface area contributed by atoms with Crippen molar-refractivity contribution in [2.75, 3.05) is 20.8 Å². The van der Waals surface area contributed by atoms with Gasteiger partial charge in [0.15, 0.2) is 0 Å². The van der Waals surface area contributed by atoms with Gasteiger partial charge >= 0.3 is 11.9 Å². The second-order valence-electron chi connectivity index (χ2n) is 10.8. The zero-order valence-electron chi connectivity index (χ0n) is 24.8. The Bertz CT molecular complexity index is 1420. The topological polar surface area (TPSA) is 99.0 Å². The van der Waals surface area contributed by atoms with Crippen LogP contribution in [0.3, 0.4) is 0 Å². The highest BCUT2D eigenvalue weighted by molar-refractivity contribution is 5.93. The summed E-state index contributed by atoms with van der Waals surface area (Å²) < 4.78 is 10.6. The van der Waals surface area contributed by atoms with E-state index in [0.717, 1.165) is 0 Å². The normalized spacial score (nSPS) is 20.4. The van der Waals surface area contributed by atoms with Gasteiger partial charge in [-0.15, -0.1) is 0 Å². The highest BCUT2D eigenvalue weighted by Gasteiger charge is 2.54. The second-order valence-corrected chi connectivity index (χ2v) is 10.8. The summed E-state index contributed by atoms with van der Waals surface area (Å²) in [5, 5.41) is 11.7. The fourth-order valence-corrected chi connectivity index (χ4v) is 6.53. The van der Waals surface area contributed by atoms with E-state index in [9.17, 15) is 19.7 Å². The molecule has 3 atom stereocenters. The van der Waals surface area contributed by atoms with Crippen LogP contribution in [0, 0.1) is 16.0 Å². The average Bonchev–Trinajstić information content (AvgIpc) is 3.02. The molecule has 1 aliphatic heterocycles. The molecule has 0 spiro atoms. The van der Waals surface area contributed by atoms with Gasteiger partial charge in [0.25, 0.3) is 5.69 Å². The molecule has 8 heteroatoms. The van der Waals surface area contributed by atoms with Gasteiger partial charge in [-0.25, -0.2) is 4.79 Å². The Labute approximate surface area is 247 Å².